The maximum Gasteiger partial charge on any atom is 0.256 e. The van der Waals surface area contributed by atoms with E-state index >= 15 is 0 Å². The van der Waals surface area contributed by atoms with Crippen molar-refractivity contribution in [2.75, 3.05) is 0 Å². The summed E-state index contributed by atoms with van der Waals surface area (Å²) in [5, 5.41) is 6.28. The summed E-state index contributed by atoms with van der Waals surface area (Å²) in [6, 6.07) is 13.4. The number of hydrogen-bond acceptors (Lipinski definition) is 4. The number of benzene rings is 2. The SMILES string of the molecule is CCC(C)[C@H](NC(=O)[C@H]1N2C(=O)c3ccccc3C2SC1(C)C)C(=O)NCc1ccccc1Cl. The molecule has 2 unspecified atom stereocenters. The Labute approximate surface area is 209 Å². The molecule has 0 bridgehead atoms. The van der Waals surface area contributed by atoms with Gasteiger partial charge in [-0.1, -0.05) is 68.3 Å². The zero-order valence-corrected chi connectivity index (χ0v) is 21.4. The lowest BCUT2D eigenvalue weighted by molar-refractivity contribution is -0.133. The number of carbonyl (C=O) groups excluding carboxylic acids is 3. The van der Waals surface area contributed by atoms with Crippen LogP contribution < -0.4 is 10.6 Å². The second-order valence-electron chi connectivity index (χ2n) is 9.46. The van der Waals surface area contributed by atoms with Gasteiger partial charge in [0.25, 0.3) is 5.91 Å². The van der Waals surface area contributed by atoms with Crippen molar-refractivity contribution >= 4 is 41.1 Å². The van der Waals surface area contributed by atoms with Gasteiger partial charge >= 0.3 is 0 Å². The number of amides is 3. The molecule has 8 heteroatoms. The number of carbonyl (C=O) groups is 3. The van der Waals surface area contributed by atoms with E-state index < -0.39 is 16.8 Å². The molecule has 4 rings (SSSR count). The Morgan fingerprint density at radius 1 is 1.15 bits per heavy atom. The lowest BCUT2D eigenvalue weighted by Gasteiger charge is -2.32. The van der Waals surface area contributed by atoms with E-state index in [1.807, 2.05) is 70.2 Å². The molecule has 6 nitrogen and oxygen atoms in total. The number of fused-ring (bicyclic) bond motifs is 3. The van der Waals surface area contributed by atoms with Crippen molar-refractivity contribution in [3.05, 3.63) is 70.2 Å². The molecule has 3 amide bonds. The molecular formula is C26H30ClN3O3S. The molecule has 0 aromatic heterocycles. The van der Waals surface area contributed by atoms with Crippen LogP contribution in [0.3, 0.4) is 0 Å². The second-order valence-corrected chi connectivity index (χ2v) is 11.6. The van der Waals surface area contributed by atoms with E-state index in [0.29, 0.717) is 17.0 Å². The number of rotatable bonds is 7. The van der Waals surface area contributed by atoms with Gasteiger partial charge < -0.3 is 15.5 Å². The zero-order valence-electron chi connectivity index (χ0n) is 19.8. The van der Waals surface area contributed by atoms with Crippen molar-refractivity contribution in [3.63, 3.8) is 0 Å². The summed E-state index contributed by atoms with van der Waals surface area (Å²) < 4.78 is -0.508. The van der Waals surface area contributed by atoms with E-state index in [0.717, 1.165) is 11.1 Å². The highest BCUT2D eigenvalue weighted by Crippen LogP contribution is 2.56. The van der Waals surface area contributed by atoms with Gasteiger partial charge in [0.1, 0.15) is 17.5 Å². The molecule has 2 aliphatic heterocycles. The quantitative estimate of drug-likeness (QED) is 0.586. The van der Waals surface area contributed by atoms with Gasteiger partial charge in [-0.15, -0.1) is 11.8 Å². The van der Waals surface area contributed by atoms with Crippen LogP contribution in [-0.2, 0) is 16.1 Å². The topological polar surface area (TPSA) is 78.5 Å². The van der Waals surface area contributed by atoms with Crippen molar-refractivity contribution in [2.24, 2.45) is 5.92 Å². The number of nitrogens with one attached hydrogen (secondary N) is 2. The lowest BCUT2D eigenvalue weighted by Crippen LogP contribution is -2.58. The maximum absolute atomic E-state index is 13.6. The Bertz CT molecular complexity index is 1120. The summed E-state index contributed by atoms with van der Waals surface area (Å²) in [7, 11) is 0. The molecule has 0 saturated carbocycles. The van der Waals surface area contributed by atoms with Crippen LogP contribution in [0.4, 0.5) is 0 Å². The largest absolute Gasteiger partial charge is 0.350 e. The standard InChI is InChI=1S/C26H30ClN3O3S/c1-5-15(2)20(22(31)28-14-16-10-6-9-13-19(16)27)29-23(32)21-26(3,4)34-25-18-12-8-7-11-17(18)24(33)30(21)25/h6-13,15,20-21,25H,5,14H2,1-4H3,(H,28,31)(H,29,32)/t15?,20-,21+,25?/m0/s1. The summed E-state index contributed by atoms with van der Waals surface area (Å²) in [4.78, 5) is 41.7. The molecule has 2 aromatic carbocycles. The predicted molar refractivity (Wildman–Crippen MR) is 135 cm³/mol. The molecule has 1 saturated heterocycles. The van der Waals surface area contributed by atoms with Gasteiger partial charge in [-0.05, 0) is 43.0 Å². The van der Waals surface area contributed by atoms with Crippen molar-refractivity contribution in [3.8, 4) is 0 Å². The van der Waals surface area contributed by atoms with E-state index in [2.05, 4.69) is 10.6 Å². The van der Waals surface area contributed by atoms with Gasteiger partial charge in [0.05, 0.1) is 0 Å². The monoisotopic (exact) mass is 499 g/mol. The first-order chi connectivity index (χ1) is 16.2. The van der Waals surface area contributed by atoms with E-state index in [9.17, 15) is 14.4 Å². The molecule has 2 N–H and O–H groups in total. The normalized spacial score (nSPS) is 22.0. The fourth-order valence-corrected chi connectivity index (χ4v) is 6.46. The molecule has 34 heavy (non-hydrogen) atoms. The van der Waals surface area contributed by atoms with Crippen LogP contribution in [0.25, 0.3) is 0 Å². The minimum atomic E-state index is -0.722. The highest BCUT2D eigenvalue weighted by Gasteiger charge is 2.57. The average molecular weight is 500 g/mol. The van der Waals surface area contributed by atoms with Gasteiger partial charge in [0.2, 0.25) is 11.8 Å². The van der Waals surface area contributed by atoms with Crippen molar-refractivity contribution in [1.82, 2.24) is 15.5 Å². The number of hydrogen-bond donors (Lipinski definition) is 2. The number of nitrogens with zero attached hydrogens (tertiary/aromatic N) is 1. The van der Waals surface area contributed by atoms with Gasteiger partial charge in [0, 0.05) is 21.9 Å². The van der Waals surface area contributed by atoms with E-state index in [1.165, 1.54) is 0 Å². The molecule has 2 aliphatic rings. The third-order valence-corrected chi connectivity index (χ3v) is 8.65. The number of halogens is 1. The minimum Gasteiger partial charge on any atom is -0.350 e. The summed E-state index contributed by atoms with van der Waals surface area (Å²) in [5.41, 5.74) is 2.39. The van der Waals surface area contributed by atoms with Crippen molar-refractivity contribution in [2.45, 2.75) is 62.9 Å². The van der Waals surface area contributed by atoms with Crippen LogP contribution in [-0.4, -0.2) is 39.5 Å². The Morgan fingerprint density at radius 3 is 2.53 bits per heavy atom. The van der Waals surface area contributed by atoms with Gasteiger partial charge in [-0.3, -0.25) is 14.4 Å². The molecule has 2 heterocycles. The maximum atomic E-state index is 13.6. The van der Waals surface area contributed by atoms with Crippen LogP contribution in [0.5, 0.6) is 0 Å². The van der Waals surface area contributed by atoms with Crippen LogP contribution >= 0.6 is 23.4 Å². The number of thioether (sulfide) groups is 1. The molecule has 2 aromatic rings. The summed E-state index contributed by atoms with van der Waals surface area (Å²) in [6.45, 7) is 8.15. The van der Waals surface area contributed by atoms with Gasteiger partial charge in [0.15, 0.2) is 0 Å². The fraction of sp³-hybridized carbons (Fsp3) is 0.423. The average Bonchev–Trinajstić information content (AvgIpc) is 3.25. The Morgan fingerprint density at radius 2 is 1.82 bits per heavy atom. The first kappa shape index (κ1) is 24.6. The summed E-state index contributed by atoms with van der Waals surface area (Å²) in [5.74, 6) is -0.797. The van der Waals surface area contributed by atoms with E-state index in [-0.39, 0.29) is 35.6 Å². The highest BCUT2D eigenvalue weighted by atomic mass is 35.5. The second kappa shape index (κ2) is 9.62. The first-order valence-corrected chi connectivity index (χ1v) is 12.8. The molecule has 0 radical (unpaired) electrons. The Hall–Kier alpha value is -2.51. The van der Waals surface area contributed by atoms with Crippen LogP contribution in [0.1, 0.15) is 61.0 Å². The molecule has 0 spiro atoms. The minimum absolute atomic E-state index is 0.0883. The highest BCUT2D eigenvalue weighted by molar-refractivity contribution is 8.01. The van der Waals surface area contributed by atoms with Gasteiger partial charge in [-0.2, -0.15) is 0 Å². The Balaban J connectivity index is 1.53. The van der Waals surface area contributed by atoms with Crippen LogP contribution in [0.15, 0.2) is 48.5 Å². The van der Waals surface area contributed by atoms with Crippen LogP contribution in [0.2, 0.25) is 5.02 Å². The molecule has 4 atom stereocenters. The fourth-order valence-electron chi connectivity index (χ4n) is 4.67. The first-order valence-electron chi connectivity index (χ1n) is 11.6. The lowest BCUT2D eigenvalue weighted by atomic mass is 9.95. The molecular weight excluding hydrogens is 470 g/mol. The molecule has 0 aliphatic carbocycles. The molecule has 1 fully saturated rings. The summed E-state index contributed by atoms with van der Waals surface area (Å²) >= 11 is 7.83. The van der Waals surface area contributed by atoms with Crippen molar-refractivity contribution in [1.29, 1.82) is 0 Å². The third kappa shape index (κ3) is 4.43. The smallest absolute Gasteiger partial charge is 0.256 e. The van der Waals surface area contributed by atoms with E-state index in [1.54, 1.807) is 22.7 Å². The predicted octanol–water partition coefficient (Wildman–Crippen LogP) is 4.54. The van der Waals surface area contributed by atoms with Crippen molar-refractivity contribution < 1.29 is 14.4 Å². The zero-order chi connectivity index (χ0) is 24.6. The summed E-state index contributed by atoms with van der Waals surface area (Å²) in [6.07, 6.45) is 0.712. The van der Waals surface area contributed by atoms with Crippen LogP contribution in [0, 0.1) is 5.92 Å². The molecule has 180 valence electrons. The Kier molecular flexibility index (Phi) is 6.97. The third-order valence-electron chi connectivity index (χ3n) is 6.75. The van der Waals surface area contributed by atoms with Gasteiger partial charge in [-0.25, -0.2) is 0 Å². The van der Waals surface area contributed by atoms with E-state index in [4.69, 9.17) is 11.6 Å².